The van der Waals surface area contributed by atoms with Crippen LogP contribution in [0.1, 0.15) is 0 Å². The van der Waals surface area contributed by atoms with Crippen LogP contribution in [0.3, 0.4) is 0 Å². The Hall–Kier alpha value is -4.81. The zero-order chi connectivity index (χ0) is 27.9. The Kier molecular flexibility index (Phi) is 8.28. The van der Waals surface area contributed by atoms with Crippen LogP contribution in [0.5, 0.6) is 0 Å². The molecule has 3 amide bonds. The Bertz CT molecular complexity index is 1490. The first-order chi connectivity index (χ1) is 19.4. The van der Waals surface area contributed by atoms with Crippen LogP contribution in [0.4, 0.5) is 27.8 Å². The van der Waals surface area contributed by atoms with Crippen LogP contribution in [0.25, 0.3) is 22.3 Å². The van der Waals surface area contributed by atoms with E-state index in [2.05, 4.69) is 40.8 Å². The molecular formula is C28H31N9O3. The molecule has 40 heavy (non-hydrogen) atoms. The van der Waals surface area contributed by atoms with Gasteiger partial charge in [-0.1, -0.05) is 18.2 Å². The lowest BCUT2D eigenvalue weighted by molar-refractivity contribution is -0.111. The van der Waals surface area contributed by atoms with E-state index in [0.29, 0.717) is 37.0 Å². The molecule has 206 valence electrons. The molecule has 0 atom stereocenters. The van der Waals surface area contributed by atoms with Crippen LogP contribution in [0.2, 0.25) is 0 Å². The number of urea groups is 1. The van der Waals surface area contributed by atoms with Gasteiger partial charge in [-0.3, -0.25) is 10.1 Å². The van der Waals surface area contributed by atoms with E-state index in [1.165, 1.54) is 12.3 Å². The van der Waals surface area contributed by atoms with E-state index in [0.717, 1.165) is 41.2 Å². The number of aromatic nitrogens is 4. The summed E-state index contributed by atoms with van der Waals surface area (Å²) in [4.78, 5) is 45.1. The van der Waals surface area contributed by atoms with Crippen molar-refractivity contribution >= 4 is 46.0 Å². The number of carbonyl (C=O) groups excluding carboxylic acids is 2. The van der Waals surface area contributed by atoms with Gasteiger partial charge in [-0.15, -0.1) is 0 Å². The molecule has 4 heterocycles. The summed E-state index contributed by atoms with van der Waals surface area (Å²) < 4.78 is 5.47. The van der Waals surface area contributed by atoms with Crippen LogP contribution in [0, 0.1) is 0 Å². The van der Waals surface area contributed by atoms with E-state index in [-0.39, 0.29) is 5.91 Å². The maximum atomic E-state index is 12.5. The van der Waals surface area contributed by atoms with Crippen molar-refractivity contribution in [1.29, 1.82) is 0 Å². The fourth-order valence-corrected chi connectivity index (χ4v) is 4.22. The van der Waals surface area contributed by atoms with Crippen molar-refractivity contribution in [1.82, 2.24) is 24.8 Å². The number of nitrogens with zero attached hydrogens (tertiary/aromatic N) is 5. The number of anilines is 4. The highest BCUT2D eigenvalue weighted by molar-refractivity contribution is 6.00. The molecule has 1 fully saturated rings. The topological polar surface area (TPSA) is 140 Å². The fraction of sp³-hybridized carbons (Fsp3) is 0.250. The van der Waals surface area contributed by atoms with Gasteiger partial charge in [0, 0.05) is 37.1 Å². The van der Waals surface area contributed by atoms with Gasteiger partial charge in [0.25, 0.3) is 0 Å². The number of H-pyrrole nitrogens is 1. The number of likely N-dealkylation sites (N-methyl/N-ethyl adjacent to an activating group) is 1. The highest BCUT2D eigenvalue weighted by Crippen LogP contribution is 2.29. The van der Waals surface area contributed by atoms with Crippen molar-refractivity contribution in [2.45, 2.75) is 0 Å². The molecule has 0 saturated carbocycles. The SMILES string of the molecule is CN(C)C/C=C/C(=O)Nc1ccc(NC(=O)Nc2ccc(-c3cc4c(N5CCOCC5)ncnc4[nH]3)cc2)nc1. The quantitative estimate of drug-likeness (QED) is 0.248. The van der Waals surface area contributed by atoms with Crippen LogP contribution < -0.4 is 20.9 Å². The second kappa shape index (κ2) is 12.4. The summed E-state index contributed by atoms with van der Waals surface area (Å²) >= 11 is 0. The Labute approximate surface area is 231 Å². The first kappa shape index (κ1) is 26.8. The number of nitrogens with one attached hydrogen (secondary N) is 4. The van der Waals surface area contributed by atoms with Crippen LogP contribution in [0.15, 0.2) is 67.1 Å². The average molecular weight is 542 g/mol. The van der Waals surface area contributed by atoms with Gasteiger partial charge in [0.1, 0.15) is 23.6 Å². The summed E-state index contributed by atoms with van der Waals surface area (Å²) in [6, 6.07) is 12.4. The molecule has 3 aromatic heterocycles. The standard InChI is InChI=1S/C28H31N9O3/c1-36(2)11-3-4-25(38)32-21-9-10-24(29-17-21)35-28(39)33-20-7-5-19(6-8-20)23-16-22-26(34-23)30-18-31-27(22)37-12-14-40-15-13-37/h3-10,16-18H,11-15H2,1-2H3,(H,32,38)(H,30,31,34)(H2,29,33,35,39)/b4-3+. The second-order valence-corrected chi connectivity index (χ2v) is 9.48. The lowest BCUT2D eigenvalue weighted by Gasteiger charge is -2.27. The van der Waals surface area contributed by atoms with Gasteiger partial charge < -0.3 is 30.2 Å². The van der Waals surface area contributed by atoms with Crippen molar-refractivity contribution in [3.8, 4) is 11.3 Å². The number of pyridine rings is 1. The summed E-state index contributed by atoms with van der Waals surface area (Å²) in [6.07, 6.45) is 6.30. The third-order valence-corrected chi connectivity index (χ3v) is 6.18. The largest absolute Gasteiger partial charge is 0.378 e. The highest BCUT2D eigenvalue weighted by atomic mass is 16.5. The molecule has 5 rings (SSSR count). The van der Waals surface area contributed by atoms with Crippen molar-refractivity contribution < 1.29 is 14.3 Å². The van der Waals surface area contributed by atoms with Crippen molar-refractivity contribution in [2.24, 2.45) is 0 Å². The summed E-state index contributed by atoms with van der Waals surface area (Å²) in [5, 5.41) is 9.18. The summed E-state index contributed by atoms with van der Waals surface area (Å²) in [6.45, 7) is 3.61. The molecule has 1 aliphatic heterocycles. The smallest absolute Gasteiger partial charge is 0.324 e. The molecule has 1 aromatic carbocycles. The molecular weight excluding hydrogens is 510 g/mol. The zero-order valence-electron chi connectivity index (χ0n) is 22.3. The number of carbonyl (C=O) groups is 2. The van der Waals surface area contributed by atoms with Gasteiger partial charge in [-0.25, -0.2) is 19.7 Å². The predicted molar refractivity (Wildman–Crippen MR) is 156 cm³/mol. The number of benzene rings is 1. The number of hydrogen-bond acceptors (Lipinski definition) is 8. The first-order valence-corrected chi connectivity index (χ1v) is 12.9. The van der Waals surface area contributed by atoms with E-state index in [1.807, 2.05) is 49.3 Å². The molecule has 4 aromatic rings. The van der Waals surface area contributed by atoms with E-state index < -0.39 is 6.03 Å². The minimum absolute atomic E-state index is 0.247. The summed E-state index contributed by atoms with van der Waals surface area (Å²) in [5.41, 5.74) is 3.78. The monoisotopic (exact) mass is 541 g/mol. The maximum Gasteiger partial charge on any atom is 0.324 e. The highest BCUT2D eigenvalue weighted by Gasteiger charge is 2.17. The van der Waals surface area contributed by atoms with Gasteiger partial charge in [0.2, 0.25) is 5.91 Å². The molecule has 1 saturated heterocycles. The average Bonchev–Trinajstić information content (AvgIpc) is 3.39. The molecule has 0 radical (unpaired) electrons. The molecule has 0 bridgehead atoms. The molecule has 0 aliphatic carbocycles. The molecule has 12 nitrogen and oxygen atoms in total. The number of amides is 3. The normalized spacial score (nSPS) is 13.6. The number of fused-ring (bicyclic) bond motifs is 1. The molecule has 0 unspecified atom stereocenters. The molecule has 4 N–H and O–H groups in total. The van der Waals surface area contributed by atoms with E-state index in [9.17, 15) is 9.59 Å². The number of hydrogen-bond donors (Lipinski definition) is 4. The van der Waals surface area contributed by atoms with Gasteiger partial charge in [-0.2, -0.15) is 0 Å². The van der Waals surface area contributed by atoms with Gasteiger partial charge in [-0.05, 0) is 50.0 Å². The number of aromatic amines is 1. The Morgan fingerprint density at radius 1 is 1.00 bits per heavy atom. The van der Waals surface area contributed by atoms with Gasteiger partial charge in [0.15, 0.2) is 0 Å². The zero-order valence-corrected chi connectivity index (χ0v) is 22.3. The summed E-state index contributed by atoms with van der Waals surface area (Å²) in [5.74, 6) is 1.00. The van der Waals surface area contributed by atoms with Gasteiger partial charge in [0.05, 0.1) is 30.5 Å². The number of rotatable bonds is 8. The van der Waals surface area contributed by atoms with Crippen LogP contribution in [-0.2, 0) is 9.53 Å². The van der Waals surface area contributed by atoms with Crippen molar-refractivity contribution in [3.63, 3.8) is 0 Å². The predicted octanol–water partition coefficient (Wildman–Crippen LogP) is 3.56. The second-order valence-electron chi connectivity index (χ2n) is 9.48. The van der Waals surface area contributed by atoms with Gasteiger partial charge >= 0.3 is 6.03 Å². The fourth-order valence-electron chi connectivity index (χ4n) is 4.22. The molecule has 1 aliphatic rings. The Morgan fingerprint density at radius 3 is 2.50 bits per heavy atom. The van der Waals surface area contributed by atoms with Crippen LogP contribution in [-0.4, -0.2) is 83.7 Å². The van der Waals surface area contributed by atoms with Crippen molar-refractivity contribution in [3.05, 3.63) is 67.1 Å². The van der Waals surface area contributed by atoms with E-state index in [1.54, 1.807) is 24.5 Å². The number of ether oxygens (including phenoxy) is 1. The minimum Gasteiger partial charge on any atom is -0.378 e. The first-order valence-electron chi connectivity index (χ1n) is 12.9. The van der Waals surface area contributed by atoms with Crippen molar-refractivity contribution in [2.75, 3.05) is 67.8 Å². The third-order valence-electron chi connectivity index (χ3n) is 6.18. The molecule has 12 heteroatoms. The third kappa shape index (κ3) is 6.79. The maximum absolute atomic E-state index is 12.5. The molecule has 0 spiro atoms. The van der Waals surface area contributed by atoms with E-state index in [4.69, 9.17) is 4.74 Å². The number of morpholine rings is 1. The summed E-state index contributed by atoms with van der Waals surface area (Å²) in [7, 11) is 3.85. The van der Waals surface area contributed by atoms with E-state index >= 15 is 0 Å². The van der Waals surface area contributed by atoms with Crippen LogP contribution >= 0.6 is 0 Å². The Balaban J connectivity index is 1.17. The lowest BCUT2D eigenvalue weighted by atomic mass is 10.1. The lowest BCUT2D eigenvalue weighted by Crippen LogP contribution is -2.36. The Morgan fingerprint density at radius 2 is 1.77 bits per heavy atom. The minimum atomic E-state index is -0.431.